The number of nitrogens with zero attached hydrogens (tertiary/aromatic N) is 4. The normalized spacial score (nSPS) is 10.9. The van der Waals surface area contributed by atoms with Gasteiger partial charge in [0.1, 0.15) is 10.8 Å². The average molecular weight is 444 g/mol. The van der Waals surface area contributed by atoms with Gasteiger partial charge >= 0.3 is 0 Å². The fourth-order valence-corrected chi connectivity index (χ4v) is 3.66. The van der Waals surface area contributed by atoms with E-state index in [2.05, 4.69) is 36.5 Å². The zero-order chi connectivity index (χ0) is 18.8. The van der Waals surface area contributed by atoms with Crippen molar-refractivity contribution in [2.24, 2.45) is 0 Å². The summed E-state index contributed by atoms with van der Waals surface area (Å²) in [5.41, 5.74) is 1.49. The Kier molecular flexibility index (Phi) is 4.87. The van der Waals surface area contributed by atoms with E-state index in [1.807, 2.05) is 43.3 Å². The standard InChI is InChI=1S/C18H14BrN5O2S/c1-11-21-22-18-24(11)23-17(27-18)14-4-2-3-5-15(14)20-16(25)10-26-13-8-6-12(19)7-9-13/h2-9H,10H2,1H3,(H,20,25). The van der Waals surface area contributed by atoms with Crippen molar-refractivity contribution in [2.45, 2.75) is 6.92 Å². The highest BCUT2D eigenvalue weighted by Crippen LogP contribution is 2.31. The summed E-state index contributed by atoms with van der Waals surface area (Å²) in [6, 6.07) is 14.8. The van der Waals surface area contributed by atoms with Crippen LogP contribution in [0, 0.1) is 6.92 Å². The minimum Gasteiger partial charge on any atom is -0.484 e. The van der Waals surface area contributed by atoms with Crippen molar-refractivity contribution in [3.8, 4) is 16.3 Å². The lowest BCUT2D eigenvalue weighted by molar-refractivity contribution is -0.118. The molecule has 136 valence electrons. The number of halogens is 1. The number of fused-ring (bicyclic) bond motifs is 1. The molecule has 27 heavy (non-hydrogen) atoms. The van der Waals surface area contributed by atoms with Gasteiger partial charge in [0.05, 0.1) is 5.69 Å². The van der Waals surface area contributed by atoms with Crippen LogP contribution in [0.4, 0.5) is 5.69 Å². The largest absolute Gasteiger partial charge is 0.484 e. The Morgan fingerprint density at radius 3 is 2.74 bits per heavy atom. The first kappa shape index (κ1) is 17.6. The van der Waals surface area contributed by atoms with E-state index < -0.39 is 0 Å². The van der Waals surface area contributed by atoms with Crippen LogP contribution in [0.5, 0.6) is 5.75 Å². The predicted octanol–water partition coefficient (Wildman–Crippen LogP) is 3.94. The molecule has 2 aromatic heterocycles. The van der Waals surface area contributed by atoms with Crippen LogP contribution in [0.3, 0.4) is 0 Å². The van der Waals surface area contributed by atoms with E-state index in [-0.39, 0.29) is 12.5 Å². The molecule has 0 fully saturated rings. The Hall–Kier alpha value is -2.78. The first-order chi connectivity index (χ1) is 13.1. The van der Waals surface area contributed by atoms with Gasteiger partial charge < -0.3 is 10.1 Å². The number of para-hydroxylation sites is 1. The van der Waals surface area contributed by atoms with Crippen LogP contribution in [0.1, 0.15) is 5.82 Å². The molecule has 2 aromatic carbocycles. The Labute approximate surface area is 167 Å². The molecule has 0 saturated heterocycles. The summed E-state index contributed by atoms with van der Waals surface area (Å²) in [4.78, 5) is 13.0. The second-order valence-electron chi connectivity index (χ2n) is 5.69. The fraction of sp³-hybridized carbons (Fsp3) is 0.111. The van der Waals surface area contributed by atoms with Crippen molar-refractivity contribution >= 4 is 43.8 Å². The molecule has 2 heterocycles. The molecular formula is C18H14BrN5O2S. The van der Waals surface area contributed by atoms with Crippen molar-refractivity contribution in [3.05, 3.63) is 58.8 Å². The van der Waals surface area contributed by atoms with Gasteiger partial charge in [0, 0.05) is 10.0 Å². The molecule has 4 aromatic rings. The summed E-state index contributed by atoms with van der Waals surface area (Å²) in [6.07, 6.45) is 0. The van der Waals surface area contributed by atoms with Gasteiger partial charge in [0.15, 0.2) is 12.4 Å². The summed E-state index contributed by atoms with van der Waals surface area (Å²) in [6.45, 7) is 1.76. The third kappa shape index (κ3) is 3.83. The molecule has 0 unspecified atom stereocenters. The molecule has 0 aliphatic heterocycles. The fourth-order valence-electron chi connectivity index (χ4n) is 2.47. The van der Waals surface area contributed by atoms with Gasteiger partial charge in [-0.1, -0.05) is 39.4 Å². The second-order valence-corrected chi connectivity index (χ2v) is 7.56. The Morgan fingerprint density at radius 1 is 1.19 bits per heavy atom. The molecule has 0 aliphatic rings. The summed E-state index contributed by atoms with van der Waals surface area (Å²) in [5.74, 6) is 1.10. The van der Waals surface area contributed by atoms with Gasteiger partial charge in [-0.2, -0.15) is 9.61 Å². The molecule has 4 rings (SSSR count). The van der Waals surface area contributed by atoms with E-state index in [1.165, 1.54) is 11.3 Å². The number of benzene rings is 2. The summed E-state index contributed by atoms with van der Waals surface area (Å²) in [7, 11) is 0. The van der Waals surface area contributed by atoms with Crippen molar-refractivity contribution in [3.63, 3.8) is 0 Å². The van der Waals surface area contributed by atoms with E-state index in [0.29, 0.717) is 16.4 Å². The van der Waals surface area contributed by atoms with Crippen LogP contribution in [-0.2, 0) is 4.79 Å². The molecule has 0 aliphatic carbocycles. The number of amides is 1. The molecule has 0 radical (unpaired) electrons. The van der Waals surface area contributed by atoms with Crippen molar-refractivity contribution in [2.75, 3.05) is 11.9 Å². The minimum atomic E-state index is -0.246. The highest BCUT2D eigenvalue weighted by Gasteiger charge is 2.15. The number of carbonyl (C=O) groups excluding carboxylic acids is 1. The van der Waals surface area contributed by atoms with Crippen LogP contribution >= 0.6 is 27.3 Å². The lowest BCUT2D eigenvalue weighted by Crippen LogP contribution is -2.20. The summed E-state index contributed by atoms with van der Waals surface area (Å²) >= 11 is 4.78. The van der Waals surface area contributed by atoms with E-state index in [4.69, 9.17) is 4.74 Å². The maximum absolute atomic E-state index is 12.3. The van der Waals surface area contributed by atoms with Crippen molar-refractivity contribution in [1.82, 2.24) is 19.8 Å². The summed E-state index contributed by atoms with van der Waals surface area (Å²) < 4.78 is 8.17. The minimum absolute atomic E-state index is 0.0831. The van der Waals surface area contributed by atoms with Crippen LogP contribution in [0.25, 0.3) is 15.5 Å². The van der Waals surface area contributed by atoms with Crippen LogP contribution in [0.2, 0.25) is 0 Å². The first-order valence-corrected chi connectivity index (χ1v) is 9.67. The number of carbonyl (C=O) groups is 1. The van der Waals surface area contributed by atoms with Crippen LogP contribution < -0.4 is 10.1 Å². The predicted molar refractivity (Wildman–Crippen MR) is 107 cm³/mol. The van der Waals surface area contributed by atoms with E-state index >= 15 is 0 Å². The number of ether oxygens (including phenoxy) is 1. The zero-order valence-corrected chi connectivity index (χ0v) is 16.6. The molecule has 1 N–H and O–H groups in total. The molecule has 0 spiro atoms. The molecule has 0 atom stereocenters. The van der Waals surface area contributed by atoms with E-state index in [1.54, 1.807) is 16.6 Å². The van der Waals surface area contributed by atoms with Crippen LogP contribution in [0.15, 0.2) is 53.0 Å². The molecular weight excluding hydrogens is 430 g/mol. The number of nitrogens with one attached hydrogen (secondary N) is 1. The molecule has 1 amide bonds. The smallest absolute Gasteiger partial charge is 0.262 e. The second kappa shape index (κ2) is 7.45. The lowest BCUT2D eigenvalue weighted by atomic mass is 10.2. The number of anilines is 1. The average Bonchev–Trinajstić information content (AvgIpc) is 3.24. The lowest BCUT2D eigenvalue weighted by Gasteiger charge is -2.10. The van der Waals surface area contributed by atoms with Crippen LogP contribution in [-0.4, -0.2) is 32.3 Å². The van der Waals surface area contributed by atoms with Gasteiger partial charge in [-0.05, 0) is 43.3 Å². The van der Waals surface area contributed by atoms with Crippen molar-refractivity contribution in [1.29, 1.82) is 0 Å². The van der Waals surface area contributed by atoms with Gasteiger partial charge in [-0.25, -0.2) is 0 Å². The Balaban J connectivity index is 1.50. The maximum Gasteiger partial charge on any atom is 0.262 e. The third-order valence-corrected chi connectivity index (χ3v) is 5.22. The first-order valence-electron chi connectivity index (χ1n) is 8.06. The highest BCUT2D eigenvalue weighted by molar-refractivity contribution is 9.10. The zero-order valence-electron chi connectivity index (χ0n) is 14.2. The Bertz CT molecular complexity index is 1110. The Morgan fingerprint density at radius 2 is 1.96 bits per heavy atom. The van der Waals surface area contributed by atoms with E-state index in [9.17, 15) is 4.79 Å². The SMILES string of the molecule is Cc1nnc2sc(-c3ccccc3NC(=O)COc3ccc(Br)cc3)nn12. The van der Waals surface area contributed by atoms with Crippen molar-refractivity contribution < 1.29 is 9.53 Å². The maximum atomic E-state index is 12.3. The molecule has 0 saturated carbocycles. The van der Waals surface area contributed by atoms with Gasteiger partial charge in [-0.3, -0.25) is 4.79 Å². The number of rotatable bonds is 5. The summed E-state index contributed by atoms with van der Waals surface area (Å²) in [5, 5.41) is 16.3. The van der Waals surface area contributed by atoms with Gasteiger partial charge in [0.2, 0.25) is 4.96 Å². The van der Waals surface area contributed by atoms with Gasteiger partial charge in [0.25, 0.3) is 5.91 Å². The monoisotopic (exact) mass is 443 g/mol. The molecule has 0 bridgehead atoms. The number of aromatic nitrogens is 4. The quantitative estimate of drug-likeness (QED) is 0.504. The highest BCUT2D eigenvalue weighted by atomic mass is 79.9. The number of aryl methyl sites for hydroxylation is 1. The number of hydrogen-bond acceptors (Lipinski definition) is 6. The third-order valence-electron chi connectivity index (χ3n) is 3.76. The van der Waals surface area contributed by atoms with Gasteiger partial charge in [-0.15, -0.1) is 10.2 Å². The molecule has 9 heteroatoms. The van der Waals surface area contributed by atoms with E-state index in [0.717, 1.165) is 20.9 Å². The topological polar surface area (TPSA) is 81.4 Å². The molecule has 7 nitrogen and oxygen atoms in total. The number of hydrogen-bond donors (Lipinski definition) is 1.